The molecule has 0 spiro atoms. The van der Waals surface area contributed by atoms with Crippen LogP contribution in [0, 0.1) is 0 Å². The van der Waals surface area contributed by atoms with Crippen LogP contribution in [0.3, 0.4) is 0 Å². The number of nitrogens with zero attached hydrogens (tertiary/aromatic N) is 1. The fourth-order valence-electron chi connectivity index (χ4n) is 2.19. The lowest BCUT2D eigenvalue weighted by molar-refractivity contribution is 0.229. The standard InChI is InChI=1S/C13H20N2O2.2ClH/c1-16-12-5-3-4-11(13(12)17-2)10-15-8-6-14-7-9-15;;/h3-5,14H,6-10H2,1-2H3;2*1H. The second-order valence-corrected chi connectivity index (χ2v) is 4.18. The number of methoxy groups -OCH3 is 2. The molecule has 1 aromatic rings. The Labute approximate surface area is 127 Å². The van der Waals surface area contributed by atoms with Crippen molar-refractivity contribution in [3.05, 3.63) is 23.8 Å². The molecule has 0 radical (unpaired) electrons. The maximum absolute atomic E-state index is 5.44. The van der Waals surface area contributed by atoms with Crippen molar-refractivity contribution < 1.29 is 9.47 Å². The van der Waals surface area contributed by atoms with E-state index in [1.165, 1.54) is 5.56 Å². The summed E-state index contributed by atoms with van der Waals surface area (Å²) in [5, 5.41) is 3.35. The van der Waals surface area contributed by atoms with Crippen LogP contribution in [0.25, 0.3) is 0 Å². The largest absolute Gasteiger partial charge is 0.493 e. The zero-order chi connectivity index (χ0) is 12.1. The first kappa shape index (κ1) is 18.3. The molecule has 0 unspecified atom stereocenters. The molecule has 0 saturated carbocycles. The molecule has 0 aromatic heterocycles. The molecule has 1 aromatic carbocycles. The van der Waals surface area contributed by atoms with Crippen LogP contribution in [-0.2, 0) is 6.54 Å². The van der Waals surface area contributed by atoms with Gasteiger partial charge in [-0.3, -0.25) is 4.90 Å². The van der Waals surface area contributed by atoms with Crippen molar-refractivity contribution in [1.29, 1.82) is 0 Å². The Balaban J connectivity index is 0.00000162. The number of hydrogen-bond acceptors (Lipinski definition) is 4. The zero-order valence-electron chi connectivity index (χ0n) is 11.3. The van der Waals surface area contributed by atoms with Crippen molar-refractivity contribution in [3.63, 3.8) is 0 Å². The zero-order valence-corrected chi connectivity index (χ0v) is 13.0. The number of hydrogen-bond donors (Lipinski definition) is 1. The Morgan fingerprint density at radius 1 is 1.11 bits per heavy atom. The van der Waals surface area contributed by atoms with Crippen molar-refractivity contribution in [3.8, 4) is 11.5 Å². The smallest absolute Gasteiger partial charge is 0.165 e. The normalized spacial score (nSPS) is 15.1. The molecule has 0 aliphatic carbocycles. The molecule has 0 atom stereocenters. The van der Waals surface area contributed by atoms with Gasteiger partial charge in [-0.2, -0.15) is 0 Å². The Bertz CT molecular complexity index is 372. The Morgan fingerprint density at radius 2 is 1.79 bits per heavy atom. The van der Waals surface area contributed by atoms with Crippen molar-refractivity contribution in [2.75, 3.05) is 40.4 Å². The Morgan fingerprint density at radius 3 is 2.37 bits per heavy atom. The highest BCUT2D eigenvalue weighted by atomic mass is 35.5. The minimum absolute atomic E-state index is 0. The van der Waals surface area contributed by atoms with Crippen LogP contribution in [0.2, 0.25) is 0 Å². The van der Waals surface area contributed by atoms with Crippen LogP contribution in [-0.4, -0.2) is 45.3 Å². The Hall–Kier alpha value is -0.680. The molecule has 4 nitrogen and oxygen atoms in total. The molecule has 19 heavy (non-hydrogen) atoms. The first-order valence-corrected chi connectivity index (χ1v) is 5.98. The van der Waals surface area contributed by atoms with E-state index >= 15 is 0 Å². The van der Waals surface area contributed by atoms with Gasteiger partial charge in [0.05, 0.1) is 14.2 Å². The second kappa shape index (κ2) is 9.26. The summed E-state index contributed by atoms with van der Waals surface area (Å²) < 4.78 is 10.8. The van der Waals surface area contributed by atoms with Crippen LogP contribution in [0.5, 0.6) is 11.5 Å². The molecule has 0 amide bonds. The number of halogens is 2. The second-order valence-electron chi connectivity index (χ2n) is 4.18. The van der Waals surface area contributed by atoms with Gasteiger partial charge in [-0.15, -0.1) is 24.8 Å². The monoisotopic (exact) mass is 308 g/mol. The van der Waals surface area contributed by atoms with E-state index in [-0.39, 0.29) is 24.8 Å². The van der Waals surface area contributed by atoms with Crippen molar-refractivity contribution >= 4 is 24.8 Å². The van der Waals surface area contributed by atoms with E-state index in [9.17, 15) is 0 Å². The van der Waals surface area contributed by atoms with E-state index in [2.05, 4.69) is 16.3 Å². The van der Waals surface area contributed by atoms with Crippen LogP contribution in [0.15, 0.2) is 18.2 Å². The van der Waals surface area contributed by atoms with Gasteiger partial charge in [0.15, 0.2) is 11.5 Å². The number of rotatable bonds is 4. The van der Waals surface area contributed by atoms with E-state index < -0.39 is 0 Å². The number of benzene rings is 1. The molecule has 1 aliphatic heterocycles. The van der Waals surface area contributed by atoms with Crippen molar-refractivity contribution in [2.24, 2.45) is 0 Å². The van der Waals surface area contributed by atoms with Gasteiger partial charge in [-0.05, 0) is 6.07 Å². The lowest BCUT2D eigenvalue weighted by Crippen LogP contribution is -2.42. The minimum Gasteiger partial charge on any atom is -0.493 e. The number of ether oxygens (including phenoxy) is 2. The number of para-hydroxylation sites is 1. The fourth-order valence-corrected chi connectivity index (χ4v) is 2.19. The van der Waals surface area contributed by atoms with Gasteiger partial charge in [0.1, 0.15) is 0 Å². The lowest BCUT2D eigenvalue weighted by Gasteiger charge is -2.27. The van der Waals surface area contributed by atoms with Gasteiger partial charge in [0, 0.05) is 38.3 Å². The third-order valence-electron chi connectivity index (χ3n) is 3.09. The molecular weight excluding hydrogens is 287 g/mol. The van der Waals surface area contributed by atoms with Gasteiger partial charge in [-0.1, -0.05) is 12.1 Å². The summed E-state index contributed by atoms with van der Waals surface area (Å²) in [4.78, 5) is 2.42. The molecule has 1 N–H and O–H groups in total. The molecule has 110 valence electrons. The van der Waals surface area contributed by atoms with Gasteiger partial charge in [-0.25, -0.2) is 0 Å². The van der Waals surface area contributed by atoms with Crippen LogP contribution in [0.4, 0.5) is 0 Å². The maximum Gasteiger partial charge on any atom is 0.165 e. The molecule has 1 fully saturated rings. The SMILES string of the molecule is COc1cccc(CN2CCNCC2)c1OC.Cl.Cl. The van der Waals surface area contributed by atoms with Crippen molar-refractivity contribution in [1.82, 2.24) is 10.2 Å². The predicted octanol–water partition coefficient (Wildman–Crippen LogP) is 1.95. The minimum atomic E-state index is 0. The molecule has 2 rings (SSSR count). The van der Waals surface area contributed by atoms with Crippen LogP contribution >= 0.6 is 24.8 Å². The quantitative estimate of drug-likeness (QED) is 0.922. The summed E-state index contributed by atoms with van der Waals surface area (Å²) in [6.07, 6.45) is 0. The van der Waals surface area contributed by atoms with Crippen molar-refractivity contribution in [2.45, 2.75) is 6.54 Å². The lowest BCUT2D eigenvalue weighted by atomic mass is 10.1. The highest BCUT2D eigenvalue weighted by molar-refractivity contribution is 5.85. The van der Waals surface area contributed by atoms with Gasteiger partial charge < -0.3 is 14.8 Å². The highest BCUT2D eigenvalue weighted by Crippen LogP contribution is 2.31. The number of nitrogens with one attached hydrogen (secondary N) is 1. The van der Waals surface area contributed by atoms with E-state index in [0.29, 0.717) is 0 Å². The van der Waals surface area contributed by atoms with Crippen LogP contribution in [0.1, 0.15) is 5.56 Å². The molecule has 0 bridgehead atoms. The molecular formula is C13H22Cl2N2O2. The summed E-state index contributed by atoms with van der Waals surface area (Å²) in [6.45, 7) is 5.21. The van der Waals surface area contributed by atoms with E-state index in [1.54, 1.807) is 14.2 Å². The molecule has 6 heteroatoms. The molecule has 1 aliphatic rings. The average Bonchev–Trinajstić information content (AvgIpc) is 2.39. The van der Waals surface area contributed by atoms with E-state index in [1.807, 2.05) is 12.1 Å². The summed E-state index contributed by atoms with van der Waals surface area (Å²) in [5.41, 5.74) is 1.19. The average molecular weight is 309 g/mol. The summed E-state index contributed by atoms with van der Waals surface area (Å²) in [5.74, 6) is 1.66. The molecule has 1 heterocycles. The summed E-state index contributed by atoms with van der Waals surface area (Å²) in [7, 11) is 3.37. The highest BCUT2D eigenvalue weighted by Gasteiger charge is 2.14. The third-order valence-corrected chi connectivity index (χ3v) is 3.09. The summed E-state index contributed by atoms with van der Waals surface area (Å²) in [6, 6.07) is 6.04. The topological polar surface area (TPSA) is 33.7 Å². The number of piperazine rings is 1. The fraction of sp³-hybridized carbons (Fsp3) is 0.538. The van der Waals surface area contributed by atoms with E-state index in [0.717, 1.165) is 44.2 Å². The summed E-state index contributed by atoms with van der Waals surface area (Å²) >= 11 is 0. The predicted molar refractivity (Wildman–Crippen MR) is 82.2 cm³/mol. The third kappa shape index (κ3) is 4.73. The first-order valence-electron chi connectivity index (χ1n) is 5.98. The van der Waals surface area contributed by atoms with Gasteiger partial charge in [0.2, 0.25) is 0 Å². The molecule has 1 saturated heterocycles. The van der Waals surface area contributed by atoms with Crippen LogP contribution < -0.4 is 14.8 Å². The van der Waals surface area contributed by atoms with E-state index in [4.69, 9.17) is 9.47 Å². The van der Waals surface area contributed by atoms with Gasteiger partial charge >= 0.3 is 0 Å². The first-order chi connectivity index (χ1) is 8.35. The van der Waals surface area contributed by atoms with Gasteiger partial charge in [0.25, 0.3) is 0 Å². The maximum atomic E-state index is 5.44. The Kier molecular flexibility index (Phi) is 8.93.